The molecular weight excluding hydrogens is 895 g/mol. The molecule has 2 amide bonds. The summed E-state index contributed by atoms with van der Waals surface area (Å²) < 4.78 is 3.17. The van der Waals surface area contributed by atoms with Crippen LogP contribution in [0.4, 0.5) is 5.82 Å². The fourth-order valence-electron chi connectivity index (χ4n) is 13.5. The Hall–Kier alpha value is -5.94. The van der Waals surface area contributed by atoms with Crippen LogP contribution < -0.4 is 16.3 Å². The van der Waals surface area contributed by atoms with Gasteiger partial charge in [0.15, 0.2) is 5.78 Å². The second kappa shape index (κ2) is 21.6. The Morgan fingerprint density at radius 1 is 0.861 bits per heavy atom. The van der Waals surface area contributed by atoms with E-state index in [-0.39, 0.29) is 18.0 Å². The number of allylic oxidation sites excluding steroid dienone is 1. The van der Waals surface area contributed by atoms with Gasteiger partial charge in [-0.05, 0) is 165 Å². The summed E-state index contributed by atoms with van der Waals surface area (Å²) in [5.41, 5.74) is 12.7. The van der Waals surface area contributed by atoms with Crippen molar-refractivity contribution >= 4 is 40.5 Å². The van der Waals surface area contributed by atoms with E-state index in [2.05, 4.69) is 102 Å². The lowest BCUT2D eigenvalue weighted by atomic mass is 9.73. The van der Waals surface area contributed by atoms with Gasteiger partial charge in [-0.25, -0.2) is 9.78 Å². The number of ketones is 1. The number of fused-ring (bicyclic) bond motifs is 2. The van der Waals surface area contributed by atoms with Crippen LogP contribution in [0.15, 0.2) is 95.1 Å². The number of aryl methyl sites for hydroxylation is 1. The van der Waals surface area contributed by atoms with Crippen LogP contribution in [0, 0.1) is 35.5 Å². The number of piperidine rings is 1. The van der Waals surface area contributed by atoms with Gasteiger partial charge in [0.25, 0.3) is 0 Å². The smallest absolute Gasteiger partial charge is 0.329 e. The molecule has 2 aromatic carbocycles. The number of amides is 2. The molecule has 3 aromatic heterocycles. The van der Waals surface area contributed by atoms with Crippen LogP contribution in [0.2, 0.25) is 0 Å². The maximum absolute atomic E-state index is 13.7. The maximum atomic E-state index is 13.7. The van der Waals surface area contributed by atoms with Gasteiger partial charge in [0.1, 0.15) is 11.9 Å². The van der Waals surface area contributed by atoms with Gasteiger partial charge in [-0.1, -0.05) is 80.8 Å². The summed E-state index contributed by atoms with van der Waals surface area (Å²) >= 11 is 0. The topological polar surface area (TPSA) is 131 Å². The molecule has 3 fully saturated rings. The molecule has 0 radical (unpaired) electrons. The lowest BCUT2D eigenvalue weighted by Gasteiger charge is -2.32. The van der Waals surface area contributed by atoms with Crippen LogP contribution in [0.25, 0.3) is 28.2 Å². The molecule has 5 aromatic rings. The van der Waals surface area contributed by atoms with Gasteiger partial charge in [0.05, 0.1) is 11.0 Å². The Bertz CT molecular complexity index is 2920. The Balaban J connectivity index is 0.680. The molecule has 2 N–H and O–H groups in total. The molecule has 3 aliphatic carbocycles. The summed E-state index contributed by atoms with van der Waals surface area (Å²) in [6.07, 6.45) is 24.0. The van der Waals surface area contributed by atoms with Crippen molar-refractivity contribution in [2.24, 2.45) is 42.6 Å². The van der Waals surface area contributed by atoms with Crippen LogP contribution in [0.5, 0.6) is 0 Å². The third-order valence-corrected chi connectivity index (χ3v) is 17.8. The molecule has 11 heteroatoms. The highest BCUT2D eigenvalue weighted by atomic mass is 16.2. The monoisotopic (exact) mass is 970 g/mol. The second-order valence-corrected chi connectivity index (χ2v) is 22.5. The zero-order valence-corrected chi connectivity index (χ0v) is 43.3. The van der Waals surface area contributed by atoms with E-state index < -0.39 is 11.9 Å². The highest BCUT2D eigenvalue weighted by molar-refractivity contribution is 6.00. The van der Waals surface area contributed by atoms with Gasteiger partial charge in [0.2, 0.25) is 11.8 Å². The normalized spacial score (nSPS) is 25.7. The number of nitrogens with zero attached hydrogens (tertiary/aromatic N) is 5. The number of hydrogen-bond donors (Lipinski definition) is 2. The molecule has 5 aliphatic rings. The van der Waals surface area contributed by atoms with E-state index in [1.54, 1.807) is 27.3 Å². The molecule has 6 atom stereocenters. The molecule has 0 bridgehead atoms. The maximum Gasteiger partial charge on any atom is 0.329 e. The number of pyridine rings is 2. The predicted octanol–water partition coefficient (Wildman–Crippen LogP) is 11.6. The largest absolute Gasteiger partial charge is 0.373 e. The highest BCUT2D eigenvalue weighted by Crippen LogP contribution is 2.44. The van der Waals surface area contributed by atoms with Gasteiger partial charge in [-0.3, -0.25) is 38.7 Å². The Labute approximate surface area is 426 Å². The third kappa shape index (κ3) is 10.6. The number of anilines is 1. The van der Waals surface area contributed by atoms with Gasteiger partial charge < -0.3 is 5.32 Å². The number of Topliss-reactive ketones (excluding diaryl/α,β-unsaturated/α-hetero) is 1. The Morgan fingerprint density at radius 2 is 1.67 bits per heavy atom. The van der Waals surface area contributed by atoms with Crippen LogP contribution >= 0.6 is 0 Å². The first-order valence-electron chi connectivity index (χ1n) is 27.3. The Morgan fingerprint density at radius 3 is 2.43 bits per heavy atom. The van der Waals surface area contributed by atoms with Crippen molar-refractivity contribution in [1.29, 1.82) is 0 Å². The van der Waals surface area contributed by atoms with E-state index in [1.165, 1.54) is 67.3 Å². The summed E-state index contributed by atoms with van der Waals surface area (Å²) in [4.78, 5) is 63.5. The first kappa shape index (κ1) is 49.6. The predicted molar refractivity (Wildman–Crippen MR) is 288 cm³/mol. The van der Waals surface area contributed by atoms with Gasteiger partial charge in [-0.15, -0.1) is 0 Å². The number of nitrogens with one attached hydrogen (secondary N) is 2. The van der Waals surface area contributed by atoms with E-state index in [0.717, 1.165) is 85.3 Å². The quantitative estimate of drug-likeness (QED) is 0.0516. The average Bonchev–Trinajstić information content (AvgIpc) is 3.59. The van der Waals surface area contributed by atoms with Crippen molar-refractivity contribution in [3.63, 3.8) is 0 Å². The lowest BCUT2D eigenvalue weighted by Crippen LogP contribution is -2.44. The fraction of sp³-hybridized carbons (Fsp3) is 0.508. The van der Waals surface area contributed by atoms with Crippen molar-refractivity contribution in [2.45, 2.75) is 136 Å². The molecule has 2 aliphatic heterocycles. The van der Waals surface area contributed by atoms with Crippen LogP contribution in [0.1, 0.15) is 155 Å². The number of carbonyl (C=O) groups excluding carboxylic acids is 3. The number of imidazole rings is 1. The third-order valence-electron chi connectivity index (χ3n) is 17.8. The van der Waals surface area contributed by atoms with E-state index in [0.29, 0.717) is 60.1 Å². The van der Waals surface area contributed by atoms with Gasteiger partial charge in [0, 0.05) is 81.3 Å². The first-order valence-corrected chi connectivity index (χ1v) is 27.3. The molecule has 378 valence electrons. The minimum absolute atomic E-state index is 0.227. The number of benzene rings is 2. The molecule has 10 rings (SSSR count). The molecule has 2 saturated carbocycles. The molecule has 5 heterocycles. The summed E-state index contributed by atoms with van der Waals surface area (Å²) in [5.74, 6) is 4.25. The number of imide groups is 1. The van der Waals surface area contributed by atoms with Crippen molar-refractivity contribution in [2.75, 3.05) is 25.5 Å². The molecule has 1 saturated heterocycles. The summed E-state index contributed by atoms with van der Waals surface area (Å²) in [6.45, 7) is 10.00. The fourth-order valence-corrected chi connectivity index (χ4v) is 13.5. The number of carbonyl (C=O) groups is 3. The molecule has 11 nitrogen and oxygen atoms in total. The SMILES string of the molecule is CNc1ccc(-c2ccnc3c2C=C(C(C)C2CCCC(c4ccc(C(=O)CC5CCC(CC6=CCCN(Cc7ccc8c(c7)n(C)c(=O)n8C7CCC(=O)NC7=O)C[C@@H]6C)CC5)cc4)CC2)C(C)C3)cn1. The van der Waals surface area contributed by atoms with Crippen LogP contribution in [0.3, 0.4) is 0 Å². The molecule has 72 heavy (non-hydrogen) atoms. The van der Waals surface area contributed by atoms with Crippen molar-refractivity contribution in [1.82, 2.24) is 29.3 Å². The van der Waals surface area contributed by atoms with Gasteiger partial charge >= 0.3 is 5.69 Å². The number of hydrogen-bond acceptors (Lipinski definition) is 8. The lowest BCUT2D eigenvalue weighted by molar-refractivity contribution is -0.135. The number of rotatable bonds is 13. The molecule has 0 spiro atoms. The minimum Gasteiger partial charge on any atom is -0.373 e. The molecule has 5 unspecified atom stereocenters. The van der Waals surface area contributed by atoms with Crippen LogP contribution in [-0.2, 0) is 29.6 Å². The van der Waals surface area contributed by atoms with Gasteiger partial charge in [-0.2, -0.15) is 0 Å². The minimum atomic E-state index is -0.682. The van der Waals surface area contributed by atoms with E-state index in [1.807, 2.05) is 31.6 Å². The Kier molecular flexibility index (Phi) is 14.9. The zero-order valence-electron chi connectivity index (χ0n) is 43.3. The van der Waals surface area contributed by atoms with E-state index in [9.17, 15) is 19.2 Å². The van der Waals surface area contributed by atoms with Crippen molar-refractivity contribution in [3.05, 3.63) is 129 Å². The summed E-state index contributed by atoms with van der Waals surface area (Å²) in [7, 11) is 3.66. The molecular formula is C61H75N7O4. The second-order valence-electron chi connectivity index (χ2n) is 22.5. The van der Waals surface area contributed by atoms with Crippen molar-refractivity contribution in [3.8, 4) is 11.1 Å². The zero-order chi connectivity index (χ0) is 50.0. The van der Waals surface area contributed by atoms with Crippen molar-refractivity contribution < 1.29 is 14.4 Å². The first-order chi connectivity index (χ1) is 34.9. The van der Waals surface area contributed by atoms with E-state index in [4.69, 9.17) is 4.98 Å². The highest BCUT2D eigenvalue weighted by Gasteiger charge is 2.34. The standard InChI is InChI=1S/C61H75N7O4/c1-38-30-53-52(50(27-28-63-53)49-22-25-58(62-4)64-35-49)34-51(38)40(3)44-8-6-9-45(17-16-44)46-18-20-47(21-19-46)57(69)33-42-13-11-41(12-14-42)31-48-10-7-29-67(36-39(48)2)37-43-15-23-54-56(32-43)66(5)61(72)68(54)55-24-26-59(70)65-60(55)71/h10,15,18-23,25,27-28,32,34-35,38-42,44-45,55H,6-9,11-14,16-17,24,26,29-31,33,36-37H2,1-5H3,(H,62,64)(H,65,70,71)/t38?,39-,40?,41?,42?,44?,45?,55?/m0/s1. The van der Waals surface area contributed by atoms with E-state index >= 15 is 0 Å². The average molecular weight is 970 g/mol. The number of aromatic nitrogens is 4. The summed E-state index contributed by atoms with van der Waals surface area (Å²) in [5, 5.41) is 5.53. The summed E-state index contributed by atoms with van der Waals surface area (Å²) in [6, 6.07) is 20.6. The van der Waals surface area contributed by atoms with Crippen LogP contribution in [-0.4, -0.2) is 61.7 Å².